The molecule has 3 aliphatic heterocycles. The number of pyridine rings is 1. The van der Waals surface area contributed by atoms with E-state index in [1.165, 1.54) is 0 Å². The van der Waals surface area contributed by atoms with Crippen LogP contribution >= 0.6 is 0 Å². The summed E-state index contributed by atoms with van der Waals surface area (Å²) in [7, 11) is 1.66. The third-order valence-electron chi connectivity index (χ3n) is 9.20. The number of hydrogen-bond donors (Lipinski definition) is 1. The highest BCUT2D eigenvalue weighted by Crippen LogP contribution is 2.36. The highest BCUT2D eigenvalue weighted by molar-refractivity contribution is 5.69. The highest BCUT2D eigenvalue weighted by Gasteiger charge is 2.40. The quantitative estimate of drug-likeness (QED) is 0.341. The zero-order valence-electron chi connectivity index (χ0n) is 29.2. The maximum Gasteiger partial charge on any atom is 0.410 e. The van der Waals surface area contributed by atoms with Crippen molar-refractivity contribution in [2.75, 3.05) is 69.8 Å². The molecule has 3 aliphatic rings. The number of likely N-dealkylation sites (tertiary alicyclic amines) is 1. The Hall–Kier alpha value is -4.67. The lowest BCUT2D eigenvalue weighted by atomic mass is 9.81. The van der Waals surface area contributed by atoms with E-state index in [4.69, 9.17) is 23.9 Å². The predicted molar refractivity (Wildman–Crippen MR) is 185 cm³/mol. The molecule has 3 saturated heterocycles. The largest absolute Gasteiger partial charge is 0.494 e. The van der Waals surface area contributed by atoms with Gasteiger partial charge in [0.1, 0.15) is 35.1 Å². The Morgan fingerprint density at radius 1 is 1.06 bits per heavy atom. The van der Waals surface area contributed by atoms with Crippen molar-refractivity contribution in [2.45, 2.75) is 58.8 Å². The van der Waals surface area contributed by atoms with Gasteiger partial charge >= 0.3 is 6.09 Å². The van der Waals surface area contributed by atoms with Crippen molar-refractivity contribution < 1.29 is 23.7 Å². The molecule has 0 bridgehead atoms. The number of ether oxygens (including phenoxy) is 4. The number of carbonyl (C=O) groups excluding carboxylic acids is 1. The number of methoxy groups -OCH3 is 1. The van der Waals surface area contributed by atoms with E-state index in [0.717, 1.165) is 56.4 Å². The van der Waals surface area contributed by atoms with Crippen LogP contribution in [0.4, 0.5) is 22.2 Å². The molecule has 6 rings (SSSR count). The molecule has 1 aromatic carbocycles. The van der Waals surface area contributed by atoms with Crippen LogP contribution in [0.5, 0.6) is 11.5 Å². The first-order chi connectivity index (χ1) is 23.4. The van der Waals surface area contributed by atoms with Gasteiger partial charge in [0.05, 0.1) is 49.5 Å². The van der Waals surface area contributed by atoms with E-state index in [1.54, 1.807) is 30.3 Å². The van der Waals surface area contributed by atoms with Crippen molar-refractivity contribution in [2.24, 2.45) is 5.41 Å². The fourth-order valence-corrected chi connectivity index (χ4v) is 6.43. The number of nitrogens with zero attached hydrogens (tertiary/aromatic N) is 7. The van der Waals surface area contributed by atoms with Crippen LogP contribution in [0.3, 0.4) is 0 Å². The molecule has 1 unspecified atom stereocenters. The lowest BCUT2D eigenvalue weighted by Gasteiger charge is -2.44. The fourth-order valence-electron chi connectivity index (χ4n) is 6.43. The second-order valence-corrected chi connectivity index (χ2v) is 14.5. The lowest BCUT2D eigenvalue weighted by Crippen LogP contribution is -2.56. The summed E-state index contributed by atoms with van der Waals surface area (Å²) in [5, 5.41) is 13.3. The van der Waals surface area contributed by atoms with Gasteiger partial charge in [0.15, 0.2) is 0 Å². The molecule has 13 heteroatoms. The number of amides is 1. The molecule has 3 aromatic rings. The van der Waals surface area contributed by atoms with Crippen molar-refractivity contribution in [3.63, 3.8) is 0 Å². The molecule has 49 heavy (non-hydrogen) atoms. The third-order valence-corrected chi connectivity index (χ3v) is 9.20. The van der Waals surface area contributed by atoms with Crippen molar-refractivity contribution >= 4 is 23.5 Å². The number of piperazine rings is 1. The SMILES string of the molecule is COc1cc(Nc2nccc(-c3ccc(OC4CCN(C(=O)OC(C)(C)C)CC4(C)C)c(C#N)c3)n2)ncc1N1CCN(C2COC2)CC1. The number of hydrogen-bond acceptors (Lipinski definition) is 12. The molecule has 13 nitrogen and oxygen atoms in total. The van der Waals surface area contributed by atoms with Crippen LogP contribution in [0, 0.1) is 16.7 Å². The standard InChI is InChI=1S/C36H46N8O5/c1-35(2,3)49-34(45)44-12-10-31(36(4,5)23-44)48-29-8-7-24(17-25(29)19-37)27-9-11-38-33(40-27)41-32-18-30(46-6)28(20-39-32)43-15-13-42(14-16-43)26-21-47-22-26/h7-9,11,17-18,20,26,31H,10,12-16,21-23H2,1-6H3,(H,38,39,40,41). The number of rotatable bonds is 8. The smallest absolute Gasteiger partial charge is 0.410 e. The predicted octanol–water partition coefficient (Wildman–Crippen LogP) is 5.10. The Kier molecular flexibility index (Phi) is 9.81. The summed E-state index contributed by atoms with van der Waals surface area (Å²) in [5.41, 5.74) is 1.83. The molecule has 1 atom stereocenters. The van der Waals surface area contributed by atoms with E-state index < -0.39 is 5.60 Å². The summed E-state index contributed by atoms with van der Waals surface area (Å²) in [6, 6.07) is 11.9. The van der Waals surface area contributed by atoms with Crippen molar-refractivity contribution in [1.82, 2.24) is 24.8 Å². The van der Waals surface area contributed by atoms with Gasteiger partial charge in [-0.25, -0.2) is 19.7 Å². The van der Waals surface area contributed by atoms with Gasteiger partial charge in [0.25, 0.3) is 0 Å². The summed E-state index contributed by atoms with van der Waals surface area (Å²) >= 11 is 0. The normalized spacial score (nSPS) is 19.8. The summed E-state index contributed by atoms with van der Waals surface area (Å²) in [6.07, 6.45) is 3.60. The van der Waals surface area contributed by atoms with E-state index in [-0.39, 0.29) is 17.6 Å². The summed E-state index contributed by atoms with van der Waals surface area (Å²) < 4.78 is 23.1. The maximum atomic E-state index is 12.7. The first kappa shape index (κ1) is 34.2. The van der Waals surface area contributed by atoms with Gasteiger partial charge in [-0.05, 0) is 45.0 Å². The number of piperidine rings is 1. The van der Waals surface area contributed by atoms with Gasteiger partial charge in [-0.2, -0.15) is 5.26 Å². The zero-order chi connectivity index (χ0) is 34.8. The van der Waals surface area contributed by atoms with Gasteiger partial charge in [0, 0.05) is 68.9 Å². The Balaban J connectivity index is 1.11. The van der Waals surface area contributed by atoms with Crippen LogP contribution < -0.4 is 19.7 Å². The molecule has 1 N–H and O–H groups in total. The van der Waals surface area contributed by atoms with E-state index in [2.05, 4.69) is 45.0 Å². The Morgan fingerprint density at radius 3 is 2.49 bits per heavy atom. The second kappa shape index (κ2) is 14.1. The molecule has 0 radical (unpaired) electrons. The van der Waals surface area contributed by atoms with Gasteiger partial charge in [-0.15, -0.1) is 0 Å². The van der Waals surface area contributed by atoms with Crippen LogP contribution in [0.1, 0.15) is 46.6 Å². The van der Waals surface area contributed by atoms with Gasteiger partial charge in [-0.1, -0.05) is 13.8 Å². The van der Waals surface area contributed by atoms with E-state index in [9.17, 15) is 10.1 Å². The number of nitriles is 1. The van der Waals surface area contributed by atoms with Gasteiger partial charge in [0.2, 0.25) is 5.95 Å². The number of carbonyl (C=O) groups is 1. The fraction of sp³-hybridized carbons (Fsp3) is 0.528. The molecular weight excluding hydrogens is 624 g/mol. The Labute approximate surface area is 288 Å². The lowest BCUT2D eigenvalue weighted by molar-refractivity contribution is -0.0660. The molecule has 3 fully saturated rings. The Morgan fingerprint density at radius 2 is 1.84 bits per heavy atom. The van der Waals surface area contributed by atoms with Crippen LogP contribution in [-0.2, 0) is 9.47 Å². The van der Waals surface area contributed by atoms with Crippen molar-refractivity contribution in [3.05, 3.63) is 48.3 Å². The van der Waals surface area contributed by atoms with Crippen molar-refractivity contribution in [3.8, 4) is 28.8 Å². The summed E-state index contributed by atoms with van der Waals surface area (Å²) in [5.74, 6) is 2.15. The third kappa shape index (κ3) is 7.98. The number of anilines is 3. The first-order valence-electron chi connectivity index (χ1n) is 16.8. The minimum atomic E-state index is -0.559. The van der Waals surface area contributed by atoms with Crippen LogP contribution in [0.2, 0.25) is 0 Å². The minimum absolute atomic E-state index is 0.193. The average molecular weight is 671 g/mol. The molecule has 2 aromatic heterocycles. The van der Waals surface area contributed by atoms with Crippen molar-refractivity contribution in [1.29, 1.82) is 5.26 Å². The summed E-state index contributed by atoms with van der Waals surface area (Å²) in [4.78, 5) is 33.0. The Bertz CT molecular complexity index is 1690. The van der Waals surface area contributed by atoms with Crippen LogP contribution in [0.25, 0.3) is 11.3 Å². The van der Waals surface area contributed by atoms with E-state index in [0.29, 0.717) is 54.3 Å². The van der Waals surface area contributed by atoms with Gasteiger partial charge in [-0.3, -0.25) is 4.90 Å². The molecule has 0 saturated carbocycles. The molecule has 0 aliphatic carbocycles. The molecule has 260 valence electrons. The molecule has 5 heterocycles. The minimum Gasteiger partial charge on any atom is -0.494 e. The van der Waals surface area contributed by atoms with Crippen LogP contribution in [-0.4, -0.2) is 108 Å². The van der Waals surface area contributed by atoms with E-state index in [1.807, 2.05) is 45.2 Å². The highest BCUT2D eigenvalue weighted by atomic mass is 16.6. The first-order valence-corrected chi connectivity index (χ1v) is 16.8. The number of aromatic nitrogens is 3. The number of benzene rings is 1. The monoisotopic (exact) mass is 670 g/mol. The molecule has 1 amide bonds. The van der Waals surface area contributed by atoms with Gasteiger partial charge < -0.3 is 34.1 Å². The average Bonchev–Trinajstić information content (AvgIpc) is 3.04. The second-order valence-electron chi connectivity index (χ2n) is 14.5. The van der Waals surface area contributed by atoms with Crippen LogP contribution in [0.15, 0.2) is 42.7 Å². The summed E-state index contributed by atoms with van der Waals surface area (Å²) in [6.45, 7) is 16.1. The number of nitrogens with one attached hydrogen (secondary N) is 1. The zero-order valence-corrected chi connectivity index (χ0v) is 29.2. The molecular formula is C36H46N8O5. The molecule has 0 spiro atoms. The van der Waals surface area contributed by atoms with E-state index >= 15 is 0 Å². The maximum absolute atomic E-state index is 12.7. The topological polar surface area (TPSA) is 138 Å².